The zero-order valence-electron chi connectivity index (χ0n) is 4.53. The van der Waals surface area contributed by atoms with E-state index in [-0.39, 0.29) is 0 Å². The SMILES string of the molecule is CC([SiH3])C(C)Cl. The zero-order valence-corrected chi connectivity index (χ0v) is 7.29. The van der Waals surface area contributed by atoms with Crippen molar-refractivity contribution in [1.29, 1.82) is 0 Å². The van der Waals surface area contributed by atoms with E-state index in [1.807, 2.05) is 6.92 Å². The maximum atomic E-state index is 5.65. The van der Waals surface area contributed by atoms with Crippen molar-refractivity contribution < 1.29 is 0 Å². The van der Waals surface area contributed by atoms with Crippen LogP contribution in [-0.2, 0) is 0 Å². The largest absolute Gasteiger partial charge is 0.123 e. The molecule has 0 saturated carbocycles. The number of halogens is 1. The summed E-state index contributed by atoms with van der Waals surface area (Å²) in [7, 11) is 1.22. The Kier molecular flexibility index (Phi) is 2.87. The predicted molar refractivity (Wildman–Crippen MR) is 34.7 cm³/mol. The maximum Gasteiger partial charge on any atom is 0.0301 e. The molecule has 0 spiro atoms. The van der Waals surface area contributed by atoms with Crippen LogP contribution in [0.4, 0.5) is 0 Å². The lowest BCUT2D eigenvalue weighted by Gasteiger charge is -2.02. The molecule has 0 aliphatic carbocycles. The van der Waals surface area contributed by atoms with Crippen molar-refractivity contribution in [3.05, 3.63) is 0 Å². The van der Waals surface area contributed by atoms with Crippen LogP contribution in [0.3, 0.4) is 0 Å². The van der Waals surface area contributed by atoms with Crippen LogP contribution in [0.2, 0.25) is 5.54 Å². The molecule has 2 atom stereocenters. The third kappa shape index (κ3) is 2.73. The highest BCUT2D eigenvalue weighted by Crippen LogP contribution is 2.09. The number of hydrogen-bond donors (Lipinski definition) is 0. The Morgan fingerprint density at radius 1 is 1.50 bits per heavy atom. The monoisotopic (exact) mass is 122 g/mol. The first-order valence-electron chi connectivity index (χ1n) is 2.28. The summed E-state index contributed by atoms with van der Waals surface area (Å²) in [5, 5.41) is 0.386. The van der Waals surface area contributed by atoms with Crippen LogP contribution in [0, 0.1) is 0 Å². The molecule has 0 rings (SSSR count). The van der Waals surface area contributed by atoms with E-state index < -0.39 is 0 Å². The van der Waals surface area contributed by atoms with Gasteiger partial charge in [0.1, 0.15) is 0 Å². The topological polar surface area (TPSA) is 0 Å². The van der Waals surface area contributed by atoms with Gasteiger partial charge in [0.05, 0.1) is 0 Å². The molecule has 0 heterocycles. The number of alkyl halides is 1. The molecule has 0 radical (unpaired) electrons. The van der Waals surface area contributed by atoms with Gasteiger partial charge in [0, 0.05) is 15.6 Å². The second-order valence-corrected chi connectivity index (χ2v) is 4.43. The minimum Gasteiger partial charge on any atom is -0.123 e. The van der Waals surface area contributed by atoms with Crippen LogP contribution in [0.5, 0.6) is 0 Å². The van der Waals surface area contributed by atoms with Crippen molar-refractivity contribution in [2.24, 2.45) is 0 Å². The van der Waals surface area contributed by atoms with Crippen LogP contribution in [0.15, 0.2) is 0 Å². The van der Waals surface area contributed by atoms with E-state index in [0.717, 1.165) is 5.54 Å². The van der Waals surface area contributed by atoms with Gasteiger partial charge in [-0.05, 0) is 12.5 Å². The summed E-state index contributed by atoms with van der Waals surface area (Å²) in [4.78, 5) is 0. The van der Waals surface area contributed by atoms with Gasteiger partial charge in [0.15, 0.2) is 0 Å². The fraction of sp³-hybridized carbons (Fsp3) is 1.00. The molecule has 0 saturated heterocycles. The third-order valence-electron chi connectivity index (χ3n) is 0.919. The van der Waals surface area contributed by atoms with Gasteiger partial charge >= 0.3 is 0 Å². The van der Waals surface area contributed by atoms with Gasteiger partial charge in [-0.15, -0.1) is 11.6 Å². The van der Waals surface area contributed by atoms with Crippen molar-refractivity contribution in [2.45, 2.75) is 24.8 Å². The summed E-state index contributed by atoms with van der Waals surface area (Å²) in [6.07, 6.45) is 0. The minimum absolute atomic E-state index is 0.386. The smallest absolute Gasteiger partial charge is 0.0301 e. The summed E-state index contributed by atoms with van der Waals surface area (Å²) in [5.74, 6) is 0. The van der Waals surface area contributed by atoms with E-state index in [1.165, 1.54) is 10.2 Å². The second-order valence-electron chi connectivity index (χ2n) is 1.92. The molecular formula is C4H11ClSi. The maximum absolute atomic E-state index is 5.65. The first-order valence-corrected chi connectivity index (χ1v) is 3.87. The van der Waals surface area contributed by atoms with Gasteiger partial charge in [-0.25, -0.2) is 0 Å². The molecular weight excluding hydrogens is 112 g/mol. The van der Waals surface area contributed by atoms with Crippen molar-refractivity contribution in [3.8, 4) is 0 Å². The lowest BCUT2D eigenvalue weighted by atomic mass is 10.4. The summed E-state index contributed by atoms with van der Waals surface area (Å²) in [6.45, 7) is 4.21. The normalized spacial score (nSPS) is 20.5. The van der Waals surface area contributed by atoms with Gasteiger partial charge in [-0.2, -0.15) is 0 Å². The van der Waals surface area contributed by atoms with E-state index in [0.29, 0.717) is 5.38 Å². The fourth-order valence-corrected chi connectivity index (χ4v) is 0. The highest BCUT2D eigenvalue weighted by molar-refractivity contribution is 6.26. The Morgan fingerprint density at radius 2 is 1.67 bits per heavy atom. The van der Waals surface area contributed by atoms with E-state index in [2.05, 4.69) is 6.92 Å². The Hall–Kier alpha value is 0.507. The number of hydrogen-bond acceptors (Lipinski definition) is 0. The van der Waals surface area contributed by atoms with Gasteiger partial charge in [-0.1, -0.05) is 6.92 Å². The molecule has 2 heteroatoms. The van der Waals surface area contributed by atoms with Crippen molar-refractivity contribution in [1.82, 2.24) is 0 Å². The average Bonchev–Trinajstić information content (AvgIpc) is 1.36. The summed E-state index contributed by atoms with van der Waals surface area (Å²) >= 11 is 5.65. The Labute approximate surface area is 47.3 Å². The van der Waals surface area contributed by atoms with E-state index in [9.17, 15) is 0 Å². The second kappa shape index (κ2) is 2.64. The molecule has 0 N–H and O–H groups in total. The molecule has 0 aromatic heterocycles. The minimum atomic E-state index is 0.386. The molecule has 0 aromatic carbocycles. The third-order valence-corrected chi connectivity index (χ3v) is 2.85. The molecule has 0 aliphatic rings. The van der Waals surface area contributed by atoms with Crippen LogP contribution < -0.4 is 0 Å². The first kappa shape index (κ1) is 6.51. The predicted octanol–water partition coefficient (Wildman–Crippen LogP) is 0.787. The lowest BCUT2D eigenvalue weighted by Crippen LogP contribution is -1.97. The quantitative estimate of drug-likeness (QED) is 0.357. The summed E-state index contributed by atoms with van der Waals surface area (Å²) in [6, 6.07) is 0. The molecule has 0 amide bonds. The fourth-order valence-electron chi connectivity index (χ4n) is 0. The average molecular weight is 123 g/mol. The van der Waals surface area contributed by atoms with Gasteiger partial charge in [-0.3, -0.25) is 0 Å². The van der Waals surface area contributed by atoms with Crippen LogP contribution in [0.25, 0.3) is 0 Å². The lowest BCUT2D eigenvalue weighted by molar-refractivity contribution is 0.890. The summed E-state index contributed by atoms with van der Waals surface area (Å²) < 4.78 is 0. The van der Waals surface area contributed by atoms with E-state index in [1.54, 1.807) is 0 Å². The van der Waals surface area contributed by atoms with Crippen LogP contribution >= 0.6 is 11.6 Å². The van der Waals surface area contributed by atoms with E-state index in [4.69, 9.17) is 11.6 Å². The van der Waals surface area contributed by atoms with Gasteiger partial charge < -0.3 is 0 Å². The number of rotatable bonds is 1. The van der Waals surface area contributed by atoms with Crippen LogP contribution in [-0.4, -0.2) is 15.6 Å². The van der Waals surface area contributed by atoms with Crippen molar-refractivity contribution in [2.75, 3.05) is 0 Å². The molecule has 0 bridgehead atoms. The van der Waals surface area contributed by atoms with Gasteiger partial charge in [0.25, 0.3) is 0 Å². The highest BCUT2D eigenvalue weighted by Gasteiger charge is 1.98. The molecule has 2 unspecified atom stereocenters. The molecule has 0 aliphatic heterocycles. The Balaban J connectivity index is 2.99. The standard InChI is InChI=1S/C4H11ClSi/c1-3(5)4(2)6/h3-4H,1-2,6H3. The molecule has 0 aromatic rings. The molecule has 38 valence electrons. The molecule has 0 nitrogen and oxygen atoms in total. The van der Waals surface area contributed by atoms with Crippen molar-refractivity contribution in [3.63, 3.8) is 0 Å². The molecule has 0 fully saturated rings. The summed E-state index contributed by atoms with van der Waals surface area (Å²) in [5.41, 5.74) is 0.756. The highest BCUT2D eigenvalue weighted by atomic mass is 35.5. The zero-order chi connectivity index (χ0) is 5.15. The van der Waals surface area contributed by atoms with Crippen molar-refractivity contribution >= 4 is 21.8 Å². The Morgan fingerprint density at radius 3 is 1.67 bits per heavy atom. The van der Waals surface area contributed by atoms with Gasteiger partial charge in [0.2, 0.25) is 0 Å². The van der Waals surface area contributed by atoms with E-state index >= 15 is 0 Å². The Bertz CT molecular complexity index is 28.5. The molecule has 6 heavy (non-hydrogen) atoms. The van der Waals surface area contributed by atoms with Crippen LogP contribution in [0.1, 0.15) is 13.8 Å². The first-order chi connectivity index (χ1) is 2.64.